The number of hydrogen-bond acceptors (Lipinski definition) is 4. The van der Waals surface area contributed by atoms with Crippen molar-refractivity contribution in [1.29, 1.82) is 0 Å². The summed E-state index contributed by atoms with van der Waals surface area (Å²) in [5.74, 6) is -0.368. The van der Waals surface area contributed by atoms with Crippen LogP contribution >= 0.6 is 24.0 Å². The first-order valence-corrected chi connectivity index (χ1v) is 8.32. The minimum Gasteiger partial charge on any atom is -0.492 e. The molecular weight excluding hydrogens is 367 g/mol. The van der Waals surface area contributed by atoms with E-state index in [9.17, 15) is 9.59 Å². The number of aliphatic carboxylic acids is 1. The first kappa shape index (κ1) is 23.5. The SMILES string of the molecule is CCCN(CC(=O)O)C(C)C(=O)N(C)CCOc1ccc(Cl)cc1.Cl. The summed E-state index contributed by atoms with van der Waals surface area (Å²) in [4.78, 5) is 26.6. The summed E-state index contributed by atoms with van der Waals surface area (Å²) >= 11 is 5.81. The molecule has 0 heterocycles. The van der Waals surface area contributed by atoms with Crippen molar-refractivity contribution in [3.63, 3.8) is 0 Å². The fourth-order valence-corrected chi connectivity index (χ4v) is 2.41. The molecule has 1 aromatic carbocycles. The van der Waals surface area contributed by atoms with Crippen LogP contribution in [0, 0.1) is 0 Å². The van der Waals surface area contributed by atoms with Gasteiger partial charge in [-0.1, -0.05) is 18.5 Å². The van der Waals surface area contributed by atoms with Crippen LogP contribution in [0.2, 0.25) is 5.02 Å². The summed E-state index contributed by atoms with van der Waals surface area (Å²) < 4.78 is 5.57. The van der Waals surface area contributed by atoms with Crippen LogP contribution in [-0.2, 0) is 9.59 Å². The molecule has 0 spiro atoms. The fraction of sp³-hybridized carbons (Fsp3) is 0.529. The summed E-state index contributed by atoms with van der Waals surface area (Å²) in [6.45, 7) is 4.87. The molecule has 1 atom stereocenters. The quantitative estimate of drug-likeness (QED) is 0.662. The molecule has 8 heteroatoms. The van der Waals surface area contributed by atoms with Crippen molar-refractivity contribution in [1.82, 2.24) is 9.80 Å². The largest absolute Gasteiger partial charge is 0.492 e. The Hall–Kier alpha value is -1.50. The van der Waals surface area contributed by atoms with Gasteiger partial charge in [0.1, 0.15) is 12.4 Å². The molecule has 0 saturated heterocycles. The maximum Gasteiger partial charge on any atom is 0.317 e. The van der Waals surface area contributed by atoms with E-state index in [1.165, 1.54) is 0 Å². The minimum absolute atomic E-state index is 0. The van der Waals surface area contributed by atoms with Gasteiger partial charge < -0.3 is 14.7 Å². The smallest absolute Gasteiger partial charge is 0.317 e. The molecule has 1 unspecified atom stereocenters. The zero-order chi connectivity index (χ0) is 18.1. The number of carboxylic acid groups (broad SMARTS) is 1. The highest BCUT2D eigenvalue weighted by Gasteiger charge is 2.25. The van der Waals surface area contributed by atoms with Gasteiger partial charge in [0.05, 0.1) is 19.1 Å². The van der Waals surface area contributed by atoms with Crippen LogP contribution < -0.4 is 4.74 Å². The average molecular weight is 393 g/mol. The number of nitrogens with zero attached hydrogens (tertiary/aromatic N) is 2. The molecule has 0 aliphatic rings. The predicted octanol–water partition coefficient (Wildman–Crippen LogP) is 2.78. The van der Waals surface area contributed by atoms with Crippen molar-refractivity contribution < 1.29 is 19.4 Å². The Morgan fingerprint density at radius 1 is 1.24 bits per heavy atom. The van der Waals surface area contributed by atoms with Crippen LogP contribution in [0.25, 0.3) is 0 Å². The van der Waals surface area contributed by atoms with Crippen molar-refractivity contribution in [2.45, 2.75) is 26.3 Å². The number of carbonyl (C=O) groups excluding carboxylic acids is 1. The molecule has 1 amide bonds. The Labute approximate surface area is 160 Å². The Balaban J connectivity index is 0.00000576. The molecule has 0 bridgehead atoms. The number of carbonyl (C=O) groups is 2. The summed E-state index contributed by atoms with van der Waals surface area (Å²) in [6.07, 6.45) is 0.786. The lowest BCUT2D eigenvalue weighted by atomic mass is 10.2. The summed E-state index contributed by atoms with van der Waals surface area (Å²) in [5, 5.41) is 9.61. The van der Waals surface area contributed by atoms with Crippen LogP contribution in [-0.4, -0.2) is 66.1 Å². The van der Waals surface area contributed by atoms with Gasteiger partial charge in [-0.2, -0.15) is 0 Å². The molecule has 142 valence electrons. The van der Waals surface area contributed by atoms with Crippen molar-refractivity contribution in [3.8, 4) is 5.75 Å². The van der Waals surface area contributed by atoms with Gasteiger partial charge in [-0.15, -0.1) is 12.4 Å². The second-order valence-corrected chi connectivity index (χ2v) is 6.04. The van der Waals surface area contributed by atoms with Gasteiger partial charge in [0.25, 0.3) is 0 Å². The molecule has 1 N–H and O–H groups in total. The molecule has 25 heavy (non-hydrogen) atoms. The standard InChI is InChI=1S/C17H25ClN2O4.ClH/c1-4-9-20(12-16(21)22)13(2)17(23)19(3)10-11-24-15-7-5-14(18)6-8-15;/h5-8,13H,4,9-12H2,1-3H3,(H,21,22);1H. The Morgan fingerprint density at radius 3 is 2.36 bits per heavy atom. The topological polar surface area (TPSA) is 70.1 Å². The average Bonchev–Trinajstić information content (AvgIpc) is 2.54. The molecule has 0 fully saturated rings. The number of benzene rings is 1. The molecule has 0 aromatic heterocycles. The second-order valence-electron chi connectivity index (χ2n) is 5.60. The Bertz CT molecular complexity index is 540. The predicted molar refractivity (Wildman–Crippen MR) is 101 cm³/mol. The molecule has 0 aliphatic carbocycles. The lowest BCUT2D eigenvalue weighted by Gasteiger charge is -2.29. The lowest BCUT2D eigenvalue weighted by Crippen LogP contribution is -2.48. The second kappa shape index (κ2) is 12.0. The lowest BCUT2D eigenvalue weighted by molar-refractivity contribution is -0.141. The van der Waals surface area contributed by atoms with Gasteiger partial charge in [-0.3, -0.25) is 14.5 Å². The number of likely N-dealkylation sites (N-methyl/N-ethyl adjacent to an activating group) is 1. The van der Waals surface area contributed by atoms with Gasteiger partial charge in [0.2, 0.25) is 5.91 Å². The van der Waals surface area contributed by atoms with Gasteiger partial charge in [0, 0.05) is 12.1 Å². The van der Waals surface area contributed by atoms with E-state index in [1.54, 1.807) is 48.0 Å². The molecule has 0 saturated carbocycles. The minimum atomic E-state index is -0.933. The Kier molecular flexibility index (Phi) is 11.2. The third-order valence-corrected chi connectivity index (χ3v) is 3.89. The van der Waals surface area contributed by atoms with Gasteiger partial charge in [0.15, 0.2) is 0 Å². The highest BCUT2D eigenvalue weighted by atomic mass is 35.5. The van der Waals surface area contributed by atoms with Gasteiger partial charge in [-0.25, -0.2) is 0 Å². The van der Waals surface area contributed by atoms with Crippen LogP contribution in [0.1, 0.15) is 20.3 Å². The van der Waals surface area contributed by atoms with Gasteiger partial charge >= 0.3 is 5.97 Å². The van der Waals surface area contributed by atoms with Gasteiger partial charge in [-0.05, 0) is 44.2 Å². The summed E-state index contributed by atoms with van der Waals surface area (Å²) in [7, 11) is 1.69. The Morgan fingerprint density at radius 2 is 1.84 bits per heavy atom. The van der Waals surface area contributed by atoms with E-state index in [4.69, 9.17) is 21.4 Å². The third kappa shape index (κ3) is 8.43. The number of ether oxygens (including phenoxy) is 1. The van der Waals surface area contributed by atoms with Crippen molar-refractivity contribution in [2.75, 3.05) is 33.3 Å². The van der Waals surface area contributed by atoms with E-state index < -0.39 is 12.0 Å². The van der Waals surface area contributed by atoms with Crippen LogP contribution in [0.15, 0.2) is 24.3 Å². The molecule has 0 aliphatic heterocycles. The summed E-state index contributed by atoms with van der Waals surface area (Å²) in [6, 6.07) is 6.53. The number of carboxylic acids is 1. The van der Waals surface area contributed by atoms with E-state index in [-0.39, 0.29) is 24.9 Å². The molecule has 1 aromatic rings. The number of hydrogen-bond donors (Lipinski definition) is 1. The first-order chi connectivity index (χ1) is 11.3. The zero-order valence-corrected chi connectivity index (χ0v) is 16.3. The first-order valence-electron chi connectivity index (χ1n) is 7.94. The normalized spacial score (nSPS) is 11.6. The zero-order valence-electron chi connectivity index (χ0n) is 14.8. The third-order valence-electron chi connectivity index (χ3n) is 3.64. The van der Waals surface area contributed by atoms with E-state index in [1.807, 2.05) is 6.92 Å². The molecule has 6 nitrogen and oxygen atoms in total. The van der Waals surface area contributed by atoms with Crippen LogP contribution in [0.5, 0.6) is 5.75 Å². The molecule has 1 rings (SSSR count). The van der Waals surface area contributed by atoms with Crippen molar-refractivity contribution >= 4 is 35.9 Å². The highest BCUT2D eigenvalue weighted by Crippen LogP contribution is 2.15. The maximum atomic E-state index is 12.4. The number of rotatable bonds is 10. The molecular formula is C17H26Cl2N2O4. The van der Waals surface area contributed by atoms with Crippen molar-refractivity contribution in [2.24, 2.45) is 0 Å². The fourth-order valence-electron chi connectivity index (χ4n) is 2.29. The van der Waals surface area contributed by atoms with Crippen LogP contribution in [0.4, 0.5) is 0 Å². The van der Waals surface area contributed by atoms with E-state index in [2.05, 4.69) is 0 Å². The number of halogens is 2. The number of amides is 1. The van der Waals surface area contributed by atoms with E-state index >= 15 is 0 Å². The van der Waals surface area contributed by atoms with Crippen LogP contribution in [0.3, 0.4) is 0 Å². The van der Waals surface area contributed by atoms with Crippen molar-refractivity contribution in [3.05, 3.63) is 29.3 Å². The highest BCUT2D eigenvalue weighted by molar-refractivity contribution is 6.30. The maximum absolute atomic E-state index is 12.4. The molecule has 0 radical (unpaired) electrons. The summed E-state index contributed by atoms with van der Waals surface area (Å²) in [5.41, 5.74) is 0. The van der Waals surface area contributed by atoms with E-state index in [0.29, 0.717) is 30.5 Å². The monoisotopic (exact) mass is 392 g/mol. The van der Waals surface area contributed by atoms with E-state index in [0.717, 1.165) is 6.42 Å².